The first-order chi connectivity index (χ1) is 13.0. The van der Waals surface area contributed by atoms with Crippen molar-refractivity contribution in [1.29, 1.82) is 0 Å². The van der Waals surface area contributed by atoms with Gasteiger partial charge in [0.05, 0.1) is 19.3 Å². The minimum atomic E-state index is -2.48. The molecule has 1 aromatic carbocycles. The Bertz CT molecular complexity index is 746. The van der Waals surface area contributed by atoms with E-state index in [2.05, 4.69) is 10.2 Å². The zero-order valence-electron chi connectivity index (χ0n) is 15.0. The zero-order chi connectivity index (χ0) is 19.2. The molecule has 1 fully saturated rings. The van der Waals surface area contributed by atoms with Gasteiger partial charge in [0.1, 0.15) is 11.5 Å². The van der Waals surface area contributed by atoms with E-state index in [4.69, 9.17) is 9.15 Å². The number of rotatable bonds is 7. The van der Waals surface area contributed by atoms with Gasteiger partial charge in [-0.05, 0) is 43.3 Å². The molecule has 1 saturated heterocycles. The second-order valence-corrected chi connectivity index (χ2v) is 7.29. The summed E-state index contributed by atoms with van der Waals surface area (Å²) in [4.78, 5) is 15.1. The molecule has 146 valence electrons. The van der Waals surface area contributed by atoms with Gasteiger partial charge in [-0.1, -0.05) is 11.8 Å². The van der Waals surface area contributed by atoms with Gasteiger partial charge in [0.2, 0.25) is 0 Å². The van der Waals surface area contributed by atoms with Gasteiger partial charge in [-0.15, -0.1) is 0 Å². The van der Waals surface area contributed by atoms with E-state index in [1.807, 2.05) is 19.1 Å². The number of hydrogen-bond donors (Lipinski definition) is 1. The van der Waals surface area contributed by atoms with Crippen molar-refractivity contribution in [3.05, 3.63) is 53.5 Å². The number of ether oxygens (including phenoxy) is 1. The summed E-state index contributed by atoms with van der Waals surface area (Å²) in [5, 5.41) is 2.93. The third-order valence-electron chi connectivity index (χ3n) is 4.37. The molecule has 1 unspecified atom stereocenters. The normalized spacial score (nSPS) is 16.4. The van der Waals surface area contributed by atoms with Crippen LogP contribution >= 0.6 is 11.8 Å². The summed E-state index contributed by atoms with van der Waals surface area (Å²) >= 11 is 0.460. The molecule has 2 aromatic rings. The maximum absolute atomic E-state index is 12.5. The van der Waals surface area contributed by atoms with Crippen LogP contribution < -0.4 is 5.32 Å². The second kappa shape index (κ2) is 9.34. The quantitative estimate of drug-likeness (QED) is 0.723. The third-order valence-corrected chi connectivity index (χ3v) is 5.10. The Kier molecular flexibility index (Phi) is 6.87. The second-order valence-electron chi connectivity index (χ2n) is 6.23. The number of hydrogen-bond acceptors (Lipinski definition) is 5. The van der Waals surface area contributed by atoms with Crippen LogP contribution in [0.4, 0.5) is 8.78 Å². The standard InChI is InChI=1S/C19H22F2N2O3S/c1-13-2-7-17(26-13)16(23-8-10-25-11-9-23)12-22-18(24)14-3-5-15(6-4-14)27-19(20)21/h2-7,16,19H,8-12H2,1H3,(H,22,24). The van der Waals surface area contributed by atoms with Crippen molar-refractivity contribution in [2.24, 2.45) is 0 Å². The summed E-state index contributed by atoms with van der Waals surface area (Å²) in [6, 6.07) is 9.92. The Morgan fingerprint density at radius 3 is 2.48 bits per heavy atom. The van der Waals surface area contributed by atoms with Crippen molar-refractivity contribution in [1.82, 2.24) is 10.2 Å². The molecule has 0 aliphatic carbocycles. The van der Waals surface area contributed by atoms with Crippen LogP contribution in [-0.4, -0.2) is 49.4 Å². The van der Waals surface area contributed by atoms with Crippen LogP contribution in [0.1, 0.15) is 27.9 Å². The van der Waals surface area contributed by atoms with E-state index in [1.165, 1.54) is 12.1 Å². The first-order valence-corrected chi connectivity index (χ1v) is 9.62. The fourth-order valence-electron chi connectivity index (χ4n) is 3.01. The van der Waals surface area contributed by atoms with E-state index in [-0.39, 0.29) is 11.9 Å². The Morgan fingerprint density at radius 2 is 1.89 bits per heavy atom. The number of aryl methyl sites for hydroxylation is 1. The molecule has 8 heteroatoms. The highest BCUT2D eigenvalue weighted by Crippen LogP contribution is 2.26. The largest absolute Gasteiger partial charge is 0.465 e. The molecule has 27 heavy (non-hydrogen) atoms. The van der Waals surface area contributed by atoms with Gasteiger partial charge in [0.25, 0.3) is 11.7 Å². The minimum Gasteiger partial charge on any atom is -0.465 e. The summed E-state index contributed by atoms with van der Waals surface area (Å²) in [6.45, 7) is 5.09. The highest BCUT2D eigenvalue weighted by Gasteiger charge is 2.25. The van der Waals surface area contributed by atoms with Gasteiger partial charge in [0.15, 0.2) is 0 Å². The molecule has 1 aliphatic heterocycles. The molecule has 1 N–H and O–H groups in total. The Balaban J connectivity index is 1.64. The van der Waals surface area contributed by atoms with Gasteiger partial charge in [0, 0.05) is 30.1 Å². The van der Waals surface area contributed by atoms with Crippen LogP contribution in [0.5, 0.6) is 0 Å². The van der Waals surface area contributed by atoms with Crippen LogP contribution in [0, 0.1) is 6.92 Å². The Hall–Kier alpha value is -1.90. The minimum absolute atomic E-state index is 0.0831. The molecule has 1 amide bonds. The molecule has 5 nitrogen and oxygen atoms in total. The molecular formula is C19H22F2N2O3S. The van der Waals surface area contributed by atoms with Crippen molar-refractivity contribution in [3.8, 4) is 0 Å². The van der Waals surface area contributed by atoms with Crippen molar-refractivity contribution >= 4 is 17.7 Å². The number of furan rings is 1. The number of nitrogens with one attached hydrogen (secondary N) is 1. The summed E-state index contributed by atoms with van der Waals surface area (Å²) in [6.07, 6.45) is 0. The molecule has 1 aliphatic rings. The van der Waals surface area contributed by atoms with Crippen LogP contribution in [0.3, 0.4) is 0 Å². The van der Waals surface area contributed by atoms with Gasteiger partial charge in [-0.25, -0.2) is 0 Å². The zero-order valence-corrected chi connectivity index (χ0v) is 15.8. The number of benzene rings is 1. The van der Waals surface area contributed by atoms with E-state index in [0.29, 0.717) is 42.0 Å². The first-order valence-electron chi connectivity index (χ1n) is 8.74. The molecule has 0 bridgehead atoms. The topological polar surface area (TPSA) is 54.7 Å². The van der Waals surface area contributed by atoms with Gasteiger partial charge in [-0.2, -0.15) is 8.78 Å². The lowest BCUT2D eigenvalue weighted by molar-refractivity contribution is 0.0117. The summed E-state index contributed by atoms with van der Waals surface area (Å²) in [5.74, 6) is -1.10. The predicted octanol–water partition coefficient (Wildman–Crippen LogP) is 3.71. The number of carbonyl (C=O) groups is 1. The molecule has 0 saturated carbocycles. The van der Waals surface area contributed by atoms with Crippen LogP contribution in [0.25, 0.3) is 0 Å². The fourth-order valence-corrected chi connectivity index (χ4v) is 3.51. The third kappa shape index (κ3) is 5.54. The maximum Gasteiger partial charge on any atom is 0.288 e. The average molecular weight is 396 g/mol. The van der Waals surface area contributed by atoms with E-state index in [1.54, 1.807) is 12.1 Å². The lowest BCUT2D eigenvalue weighted by Gasteiger charge is -2.33. The number of morpholine rings is 1. The van der Waals surface area contributed by atoms with Crippen molar-refractivity contribution < 1.29 is 22.7 Å². The van der Waals surface area contributed by atoms with Crippen molar-refractivity contribution in [3.63, 3.8) is 0 Å². The van der Waals surface area contributed by atoms with E-state index >= 15 is 0 Å². The van der Waals surface area contributed by atoms with E-state index in [0.717, 1.165) is 24.6 Å². The number of halogens is 2. The number of thioether (sulfide) groups is 1. The maximum atomic E-state index is 12.5. The SMILES string of the molecule is Cc1ccc(C(CNC(=O)c2ccc(SC(F)F)cc2)N2CCOCC2)o1. The molecule has 1 aromatic heterocycles. The number of carbonyl (C=O) groups excluding carboxylic acids is 1. The van der Waals surface area contributed by atoms with Gasteiger partial charge < -0.3 is 14.5 Å². The van der Waals surface area contributed by atoms with Crippen LogP contribution in [0.15, 0.2) is 45.7 Å². The van der Waals surface area contributed by atoms with E-state index < -0.39 is 5.76 Å². The average Bonchev–Trinajstić information content (AvgIpc) is 3.09. The number of alkyl halides is 2. The molecule has 2 heterocycles. The lowest BCUT2D eigenvalue weighted by Crippen LogP contribution is -2.43. The summed E-state index contributed by atoms with van der Waals surface area (Å²) in [7, 11) is 0. The first kappa shape index (κ1) is 19.9. The highest BCUT2D eigenvalue weighted by molar-refractivity contribution is 7.99. The molecular weight excluding hydrogens is 374 g/mol. The number of amides is 1. The smallest absolute Gasteiger partial charge is 0.288 e. The Labute approximate surface area is 161 Å². The molecule has 3 rings (SSSR count). The number of nitrogens with zero attached hydrogens (tertiary/aromatic N) is 1. The predicted molar refractivity (Wildman–Crippen MR) is 99.2 cm³/mol. The van der Waals surface area contributed by atoms with Gasteiger partial charge >= 0.3 is 0 Å². The Morgan fingerprint density at radius 1 is 1.19 bits per heavy atom. The van der Waals surface area contributed by atoms with Crippen molar-refractivity contribution in [2.45, 2.75) is 23.6 Å². The molecule has 0 spiro atoms. The fraction of sp³-hybridized carbons (Fsp3) is 0.421. The molecule has 1 atom stereocenters. The van der Waals surface area contributed by atoms with Crippen molar-refractivity contribution in [2.75, 3.05) is 32.8 Å². The lowest BCUT2D eigenvalue weighted by atomic mass is 10.1. The van der Waals surface area contributed by atoms with E-state index in [9.17, 15) is 13.6 Å². The monoisotopic (exact) mass is 396 g/mol. The van der Waals surface area contributed by atoms with Crippen LogP contribution in [-0.2, 0) is 4.74 Å². The summed E-state index contributed by atoms with van der Waals surface area (Å²) in [5.41, 5.74) is 0.435. The summed E-state index contributed by atoms with van der Waals surface area (Å²) < 4.78 is 36.0. The van der Waals surface area contributed by atoms with Crippen LogP contribution in [0.2, 0.25) is 0 Å². The highest BCUT2D eigenvalue weighted by atomic mass is 32.2. The molecule has 0 radical (unpaired) electrons. The van der Waals surface area contributed by atoms with Gasteiger partial charge in [-0.3, -0.25) is 9.69 Å².